The molecule has 2 heterocycles. The molecule has 2 aromatic heterocycles. The smallest absolute Gasteiger partial charge is 0.348 e. The van der Waals surface area contributed by atoms with E-state index in [1.54, 1.807) is 35.7 Å². The lowest BCUT2D eigenvalue weighted by atomic mass is 10.3. The summed E-state index contributed by atoms with van der Waals surface area (Å²) < 4.78 is 29.8. The fourth-order valence-corrected chi connectivity index (χ4v) is 4.34. The Balaban J connectivity index is 1.81. The van der Waals surface area contributed by atoms with Crippen LogP contribution in [0.5, 0.6) is 5.75 Å². The molecule has 0 radical (unpaired) electrons. The van der Waals surface area contributed by atoms with E-state index < -0.39 is 10.1 Å². The van der Waals surface area contributed by atoms with Crippen LogP contribution in [0.4, 0.5) is 11.5 Å². The van der Waals surface area contributed by atoms with Gasteiger partial charge in [0.1, 0.15) is 11.6 Å². The van der Waals surface area contributed by atoms with Gasteiger partial charge < -0.3 is 9.50 Å². The summed E-state index contributed by atoms with van der Waals surface area (Å²) in [5.41, 5.74) is 1.51. The predicted molar refractivity (Wildman–Crippen MR) is 100 cm³/mol. The van der Waals surface area contributed by atoms with Crippen LogP contribution < -0.4 is 9.50 Å². The first-order valence-corrected chi connectivity index (χ1v) is 10.7. The van der Waals surface area contributed by atoms with E-state index in [1.807, 2.05) is 19.2 Å². The van der Waals surface area contributed by atoms with Gasteiger partial charge in [0.05, 0.1) is 0 Å². The van der Waals surface area contributed by atoms with Crippen LogP contribution in [-0.4, -0.2) is 24.6 Å². The first-order chi connectivity index (χ1) is 12.0. The minimum Gasteiger partial charge on any atom is -0.378 e. The third-order valence-electron chi connectivity index (χ3n) is 3.07. The third-order valence-corrected chi connectivity index (χ3v) is 6.22. The Hall–Kier alpha value is -2.10. The Morgan fingerprint density at radius 2 is 2.00 bits per heavy atom. The molecule has 0 aliphatic rings. The highest BCUT2D eigenvalue weighted by molar-refractivity contribution is 7.98. The zero-order valence-corrected chi connectivity index (χ0v) is 15.9. The third kappa shape index (κ3) is 4.50. The second-order valence-corrected chi connectivity index (χ2v) is 8.50. The van der Waals surface area contributed by atoms with Gasteiger partial charge in [-0.2, -0.15) is 8.42 Å². The number of rotatable bonds is 6. The van der Waals surface area contributed by atoms with E-state index in [-0.39, 0.29) is 9.96 Å². The molecule has 1 N–H and O–H groups in total. The van der Waals surface area contributed by atoms with Crippen molar-refractivity contribution in [3.05, 3.63) is 53.5 Å². The molecule has 3 rings (SSSR count). The van der Waals surface area contributed by atoms with Crippen LogP contribution in [0.25, 0.3) is 0 Å². The standard InChI is InChI=1S/C16H15N3O3S3/c1-11-9-14(19-16(17-11)23-2)18-12-5-3-6-13(10-12)22-25(20,21)15-7-4-8-24-15/h3-10H,1-2H3,(H,17,18,19). The molecule has 0 unspecified atom stereocenters. The van der Waals surface area contributed by atoms with Crippen molar-refractivity contribution in [2.24, 2.45) is 0 Å². The van der Waals surface area contributed by atoms with Gasteiger partial charge in [-0.15, -0.1) is 11.3 Å². The number of nitrogens with zero attached hydrogens (tertiary/aromatic N) is 2. The average molecular weight is 394 g/mol. The molecular weight excluding hydrogens is 378 g/mol. The van der Waals surface area contributed by atoms with Crippen LogP contribution >= 0.6 is 23.1 Å². The highest BCUT2D eigenvalue weighted by atomic mass is 32.3. The largest absolute Gasteiger partial charge is 0.378 e. The summed E-state index contributed by atoms with van der Waals surface area (Å²) >= 11 is 2.57. The number of hydrogen-bond acceptors (Lipinski definition) is 8. The van der Waals surface area contributed by atoms with Gasteiger partial charge >= 0.3 is 10.1 Å². The molecule has 0 aliphatic carbocycles. The molecule has 130 valence electrons. The van der Waals surface area contributed by atoms with Crippen molar-refractivity contribution >= 4 is 44.7 Å². The van der Waals surface area contributed by atoms with Gasteiger partial charge in [-0.1, -0.05) is 23.9 Å². The van der Waals surface area contributed by atoms with Gasteiger partial charge in [-0.25, -0.2) is 9.97 Å². The van der Waals surface area contributed by atoms with Gasteiger partial charge in [0.25, 0.3) is 0 Å². The molecule has 0 saturated carbocycles. The maximum Gasteiger partial charge on any atom is 0.348 e. The van der Waals surface area contributed by atoms with Gasteiger partial charge in [0, 0.05) is 23.5 Å². The lowest BCUT2D eigenvalue weighted by molar-refractivity contribution is 0.488. The molecule has 0 amide bonds. The zero-order valence-electron chi connectivity index (χ0n) is 13.5. The summed E-state index contributed by atoms with van der Waals surface area (Å²) in [6.07, 6.45) is 1.91. The van der Waals surface area contributed by atoms with Crippen LogP contribution in [0.3, 0.4) is 0 Å². The predicted octanol–water partition coefficient (Wildman–Crippen LogP) is 4.08. The highest BCUT2D eigenvalue weighted by Gasteiger charge is 2.17. The van der Waals surface area contributed by atoms with Crippen LogP contribution in [0.1, 0.15) is 5.69 Å². The van der Waals surface area contributed by atoms with E-state index in [0.717, 1.165) is 17.0 Å². The van der Waals surface area contributed by atoms with E-state index in [4.69, 9.17) is 4.18 Å². The van der Waals surface area contributed by atoms with Crippen molar-refractivity contribution < 1.29 is 12.6 Å². The molecule has 0 spiro atoms. The van der Waals surface area contributed by atoms with Gasteiger partial charge in [0.15, 0.2) is 9.37 Å². The maximum atomic E-state index is 12.2. The highest BCUT2D eigenvalue weighted by Crippen LogP contribution is 2.26. The van der Waals surface area contributed by atoms with E-state index in [9.17, 15) is 8.42 Å². The van der Waals surface area contributed by atoms with E-state index in [2.05, 4.69) is 15.3 Å². The zero-order chi connectivity index (χ0) is 17.9. The van der Waals surface area contributed by atoms with E-state index in [1.165, 1.54) is 17.8 Å². The van der Waals surface area contributed by atoms with Crippen LogP contribution in [0.2, 0.25) is 0 Å². The number of hydrogen-bond donors (Lipinski definition) is 1. The summed E-state index contributed by atoms with van der Waals surface area (Å²) in [7, 11) is -3.82. The monoisotopic (exact) mass is 393 g/mol. The SMILES string of the molecule is CSc1nc(C)cc(Nc2cccc(OS(=O)(=O)c3cccs3)c2)n1. The van der Waals surface area contributed by atoms with Gasteiger partial charge in [0.2, 0.25) is 0 Å². The Kier molecular flexibility index (Phi) is 5.26. The van der Waals surface area contributed by atoms with Crippen molar-refractivity contribution in [3.63, 3.8) is 0 Å². The molecule has 6 nitrogen and oxygen atoms in total. The number of thioether (sulfide) groups is 1. The normalized spacial score (nSPS) is 11.3. The molecule has 0 bridgehead atoms. The second-order valence-electron chi connectivity index (χ2n) is 5.00. The molecule has 9 heteroatoms. The van der Waals surface area contributed by atoms with Crippen LogP contribution in [-0.2, 0) is 10.1 Å². The Morgan fingerprint density at radius 1 is 1.16 bits per heavy atom. The van der Waals surface area contributed by atoms with Crippen LogP contribution in [0, 0.1) is 6.92 Å². The van der Waals surface area contributed by atoms with Crippen molar-refractivity contribution in [2.75, 3.05) is 11.6 Å². The first-order valence-electron chi connectivity index (χ1n) is 7.21. The number of thiophene rings is 1. The molecule has 25 heavy (non-hydrogen) atoms. The Bertz CT molecular complexity index is 973. The minimum atomic E-state index is -3.82. The van der Waals surface area contributed by atoms with Crippen LogP contribution in [0.15, 0.2) is 57.2 Å². The summed E-state index contributed by atoms with van der Waals surface area (Å²) in [6.45, 7) is 1.89. The lowest BCUT2D eigenvalue weighted by Gasteiger charge is -2.10. The number of anilines is 2. The molecule has 1 aromatic carbocycles. The summed E-state index contributed by atoms with van der Waals surface area (Å²) in [6, 6.07) is 11.7. The Labute approximate surface area is 154 Å². The summed E-state index contributed by atoms with van der Waals surface area (Å²) in [4.78, 5) is 8.67. The lowest BCUT2D eigenvalue weighted by Crippen LogP contribution is -2.08. The van der Waals surface area contributed by atoms with Crippen molar-refractivity contribution in [3.8, 4) is 5.75 Å². The topological polar surface area (TPSA) is 81.2 Å². The maximum absolute atomic E-state index is 12.2. The quantitative estimate of drug-likeness (QED) is 0.384. The van der Waals surface area contributed by atoms with Crippen molar-refractivity contribution in [1.82, 2.24) is 9.97 Å². The second kappa shape index (κ2) is 7.42. The Morgan fingerprint density at radius 3 is 2.72 bits per heavy atom. The number of nitrogens with one attached hydrogen (secondary N) is 1. The fourth-order valence-electron chi connectivity index (χ4n) is 2.04. The molecule has 3 aromatic rings. The number of benzene rings is 1. The van der Waals surface area contributed by atoms with E-state index >= 15 is 0 Å². The molecule has 0 atom stereocenters. The van der Waals surface area contributed by atoms with E-state index in [0.29, 0.717) is 16.7 Å². The minimum absolute atomic E-state index is 0.168. The first kappa shape index (κ1) is 17.7. The summed E-state index contributed by atoms with van der Waals surface area (Å²) in [5, 5.41) is 5.50. The fraction of sp³-hybridized carbons (Fsp3) is 0.125. The average Bonchev–Trinajstić information content (AvgIpc) is 3.09. The molecule has 0 fully saturated rings. The molecular formula is C16H15N3O3S3. The number of aryl methyl sites for hydroxylation is 1. The summed E-state index contributed by atoms with van der Waals surface area (Å²) in [5.74, 6) is 0.865. The molecule has 0 aliphatic heterocycles. The van der Waals surface area contributed by atoms with Gasteiger partial charge in [-0.05, 0) is 36.8 Å². The van der Waals surface area contributed by atoms with Crippen molar-refractivity contribution in [1.29, 1.82) is 0 Å². The van der Waals surface area contributed by atoms with Crippen molar-refractivity contribution in [2.45, 2.75) is 16.3 Å². The number of aromatic nitrogens is 2. The van der Waals surface area contributed by atoms with Gasteiger partial charge in [-0.3, -0.25) is 0 Å². The molecule has 0 saturated heterocycles.